The quantitative estimate of drug-likeness (QED) is 0.304. The molecule has 0 fully saturated rings. The summed E-state index contributed by atoms with van der Waals surface area (Å²) < 4.78 is 27.2. The second kappa shape index (κ2) is 9.08. The molecule has 0 radical (unpaired) electrons. The first kappa shape index (κ1) is 22.0. The number of esters is 1. The molecular weight excluding hydrogens is 424 g/mol. The summed E-state index contributed by atoms with van der Waals surface area (Å²) in [7, 11) is 4.63. The van der Waals surface area contributed by atoms with E-state index in [4.69, 9.17) is 23.7 Å². The third-order valence-electron chi connectivity index (χ3n) is 5.27. The molecule has 0 bridgehead atoms. The summed E-state index contributed by atoms with van der Waals surface area (Å²) in [5.74, 6) is 1.72. The Morgan fingerprint density at radius 3 is 2.36 bits per heavy atom. The summed E-state index contributed by atoms with van der Waals surface area (Å²) in [5.41, 5.74) is 1.95. The Bertz CT molecular complexity index is 1270. The zero-order valence-electron chi connectivity index (χ0n) is 18.6. The van der Waals surface area contributed by atoms with Gasteiger partial charge in [0.25, 0.3) is 0 Å². The molecule has 3 aromatic rings. The van der Waals surface area contributed by atoms with Crippen molar-refractivity contribution in [3.8, 4) is 28.7 Å². The number of Topliss-reactive ketones (excluding diaryl/α,β-unsaturated/α-hetero) is 1. The van der Waals surface area contributed by atoms with Crippen LogP contribution in [0.15, 0.2) is 60.4 Å². The number of ketones is 1. The minimum atomic E-state index is -0.542. The number of carbonyl (C=O) groups is 2. The Kier molecular flexibility index (Phi) is 6.04. The standard InChI is InChI=1S/C26H22O7/c1-15-21(33-26(28)17-6-5-7-18(12-17)29-2)11-10-20-24(27)23(32-25(15)20)13-16-8-9-19(30-3)14-22(16)31-4/h5-14H,1-4H3/b23-13-. The van der Waals surface area contributed by atoms with Crippen molar-refractivity contribution in [2.45, 2.75) is 6.92 Å². The van der Waals surface area contributed by atoms with Crippen molar-refractivity contribution < 1.29 is 33.3 Å². The summed E-state index contributed by atoms with van der Waals surface area (Å²) in [4.78, 5) is 25.5. The second-order valence-electron chi connectivity index (χ2n) is 7.23. The number of benzene rings is 3. The minimum absolute atomic E-state index is 0.146. The van der Waals surface area contributed by atoms with Crippen molar-refractivity contribution in [1.29, 1.82) is 0 Å². The zero-order chi connectivity index (χ0) is 23.5. The number of allylic oxidation sites excluding steroid dienone is 1. The molecule has 0 N–H and O–H groups in total. The third-order valence-corrected chi connectivity index (χ3v) is 5.27. The second-order valence-corrected chi connectivity index (χ2v) is 7.23. The molecule has 33 heavy (non-hydrogen) atoms. The third kappa shape index (κ3) is 4.25. The molecule has 0 aliphatic carbocycles. The summed E-state index contributed by atoms with van der Waals surface area (Å²) in [6.45, 7) is 1.73. The van der Waals surface area contributed by atoms with Crippen molar-refractivity contribution in [2.75, 3.05) is 21.3 Å². The molecule has 0 amide bonds. The van der Waals surface area contributed by atoms with Gasteiger partial charge < -0.3 is 23.7 Å². The molecule has 168 valence electrons. The van der Waals surface area contributed by atoms with E-state index in [1.165, 1.54) is 14.2 Å². The Morgan fingerprint density at radius 1 is 0.879 bits per heavy atom. The Hall–Kier alpha value is -4.26. The van der Waals surface area contributed by atoms with Crippen LogP contribution in [0.3, 0.4) is 0 Å². The van der Waals surface area contributed by atoms with Crippen LogP contribution in [0.25, 0.3) is 6.08 Å². The van der Waals surface area contributed by atoms with Crippen molar-refractivity contribution >= 4 is 17.8 Å². The van der Waals surface area contributed by atoms with Crippen LogP contribution in [0.5, 0.6) is 28.7 Å². The average molecular weight is 446 g/mol. The highest BCUT2D eigenvalue weighted by molar-refractivity contribution is 6.15. The maximum Gasteiger partial charge on any atom is 0.343 e. The van der Waals surface area contributed by atoms with Crippen molar-refractivity contribution in [2.24, 2.45) is 0 Å². The zero-order valence-corrected chi connectivity index (χ0v) is 18.6. The van der Waals surface area contributed by atoms with E-state index in [9.17, 15) is 9.59 Å². The molecule has 0 saturated heterocycles. The molecule has 7 nitrogen and oxygen atoms in total. The molecular formula is C26H22O7. The smallest absolute Gasteiger partial charge is 0.343 e. The van der Waals surface area contributed by atoms with E-state index < -0.39 is 5.97 Å². The van der Waals surface area contributed by atoms with Gasteiger partial charge in [-0.05, 0) is 55.5 Å². The van der Waals surface area contributed by atoms with E-state index in [0.29, 0.717) is 51.0 Å². The summed E-state index contributed by atoms with van der Waals surface area (Å²) in [6.07, 6.45) is 1.61. The molecule has 1 aliphatic rings. The average Bonchev–Trinajstić information content (AvgIpc) is 3.16. The summed E-state index contributed by atoms with van der Waals surface area (Å²) in [5, 5.41) is 0. The Labute approximate surface area is 191 Å². The summed E-state index contributed by atoms with van der Waals surface area (Å²) in [6, 6.07) is 15.1. The normalized spacial score (nSPS) is 13.3. The first-order valence-corrected chi connectivity index (χ1v) is 10.1. The van der Waals surface area contributed by atoms with Crippen LogP contribution in [0, 0.1) is 6.92 Å². The van der Waals surface area contributed by atoms with E-state index in [-0.39, 0.29) is 11.5 Å². The highest BCUT2D eigenvalue weighted by Gasteiger charge is 2.31. The monoisotopic (exact) mass is 446 g/mol. The lowest BCUT2D eigenvalue weighted by Crippen LogP contribution is -2.09. The Balaban J connectivity index is 1.61. The maximum atomic E-state index is 12.9. The molecule has 3 aromatic carbocycles. The van der Waals surface area contributed by atoms with Gasteiger partial charge in [0.1, 0.15) is 28.7 Å². The van der Waals surface area contributed by atoms with Gasteiger partial charge in [-0.15, -0.1) is 0 Å². The lowest BCUT2D eigenvalue weighted by atomic mass is 10.1. The van der Waals surface area contributed by atoms with E-state index >= 15 is 0 Å². The predicted molar refractivity (Wildman–Crippen MR) is 122 cm³/mol. The molecule has 0 spiro atoms. The molecule has 0 atom stereocenters. The number of hydrogen-bond acceptors (Lipinski definition) is 7. The van der Waals surface area contributed by atoms with Gasteiger partial charge in [-0.2, -0.15) is 0 Å². The van der Waals surface area contributed by atoms with Crippen LogP contribution in [-0.4, -0.2) is 33.1 Å². The Morgan fingerprint density at radius 2 is 1.64 bits per heavy atom. The van der Waals surface area contributed by atoms with Crippen molar-refractivity contribution in [1.82, 2.24) is 0 Å². The number of rotatable bonds is 6. The van der Waals surface area contributed by atoms with Crippen LogP contribution in [0.4, 0.5) is 0 Å². The highest BCUT2D eigenvalue weighted by atomic mass is 16.5. The first-order chi connectivity index (χ1) is 15.9. The lowest BCUT2D eigenvalue weighted by molar-refractivity contribution is 0.0732. The van der Waals surface area contributed by atoms with Gasteiger partial charge in [-0.1, -0.05) is 6.07 Å². The molecule has 0 saturated carbocycles. The van der Waals surface area contributed by atoms with Crippen LogP contribution in [0.1, 0.15) is 31.8 Å². The highest BCUT2D eigenvalue weighted by Crippen LogP contribution is 2.40. The fraction of sp³-hybridized carbons (Fsp3) is 0.154. The number of fused-ring (bicyclic) bond motifs is 1. The molecule has 0 aromatic heterocycles. The fourth-order valence-corrected chi connectivity index (χ4v) is 3.47. The van der Waals surface area contributed by atoms with Gasteiger partial charge in [0.05, 0.1) is 32.5 Å². The molecule has 4 rings (SSSR count). The van der Waals surface area contributed by atoms with Gasteiger partial charge in [-0.3, -0.25) is 4.79 Å². The number of ether oxygens (including phenoxy) is 5. The predicted octanol–water partition coefficient (Wildman–Crippen LogP) is 4.86. The van der Waals surface area contributed by atoms with Gasteiger partial charge in [-0.25, -0.2) is 4.79 Å². The minimum Gasteiger partial charge on any atom is -0.497 e. The number of methoxy groups -OCH3 is 3. The molecule has 1 heterocycles. The van der Waals surface area contributed by atoms with E-state index in [2.05, 4.69) is 0 Å². The largest absolute Gasteiger partial charge is 0.497 e. The molecule has 0 unspecified atom stereocenters. The van der Waals surface area contributed by atoms with Crippen molar-refractivity contribution in [3.05, 3.63) is 82.6 Å². The SMILES string of the molecule is COc1cccc(C(=O)Oc2ccc3c(c2C)O/C(=C\c2ccc(OC)cc2OC)C3=O)c1. The first-order valence-electron chi connectivity index (χ1n) is 10.1. The van der Waals surface area contributed by atoms with Gasteiger partial charge in [0.15, 0.2) is 5.76 Å². The van der Waals surface area contributed by atoms with Gasteiger partial charge in [0.2, 0.25) is 5.78 Å². The van der Waals surface area contributed by atoms with Crippen LogP contribution >= 0.6 is 0 Å². The van der Waals surface area contributed by atoms with Crippen molar-refractivity contribution in [3.63, 3.8) is 0 Å². The summed E-state index contributed by atoms with van der Waals surface area (Å²) >= 11 is 0. The van der Waals surface area contributed by atoms with E-state index in [0.717, 1.165) is 0 Å². The maximum absolute atomic E-state index is 12.9. The topological polar surface area (TPSA) is 80.3 Å². The van der Waals surface area contributed by atoms with Gasteiger partial charge >= 0.3 is 5.97 Å². The fourth-order valence-electron chi connectivity index (χ4n) is 3.47. The number of carbonyl (C=O) groups excluding carboxylic acids is 2. The molecule has 1 aliphatic heterocycles. The van der Waals surface area contributed by atoms with Gasteiger partial charge in [0, 0.05) is 17.2 Å². The van der Waals surface area contributed by atoms with Crippen LogP contribution in [0.2, 0.25) is 0 Å². The lowest BCUT2D eigenvalue weighted by Gasteiger charge is -2.11. The van der Waals surface area contributed by atoms with E-state index in [1.807, 2.05) is 0 Å². The van der Waals surface area contributed by atoms with E-state index in [1.54, 1.807) is 74.7 Å². The van der Waals surface area contributed by atoms with Crippen LogP contribution in [-0.2, 0) is 0 Å². The molecule has 7 heteroatoms. The van der Waals surface area contributed by atoms with Crippen LogP contribution < -0.4 is 23.7 Å². The number of hydrogen-bond donors (Lipinski definition) is 0.